The van der Waals surface area contributed by atoms with Crippen molar-refractivity contribution in [3.05, 3.63) is 29.8 Å². The minimum Gasteiger partial charge on any atom is -0.261 e. The van der Waals surface area contributed by atoms with E-state index in [4.69, 9.17) is 0 Å². The van der Waals surface area contributed by atoms with Gasteiger partial charge < -0.3 is 0 Å². The largest absolute Gasteiger partial charge is 0.261 e. The third kappa shape index (κ3) is 1.44. The maximum absolute atomic E-state index is 4.18. The minimum atomic E-state index is 1.06. The monoisotopic (exact) mass is 133 g/mol. The van der Waals surface area contributed by atoms with E-state index >= 15 is 0 Å². The van der Waals surface area contributed by atoms with Crippen LogP contribution < -0.4 is 0 Å². The summed E-state index contributed by atoms with van der Waals surface area (Å²) in [6.45, 7) is 3.98. The van der Waals surface area contributed by atoms with E-state index < -0.39 is 0 Å². The molecule has 0 unspecified atom stereocenters. The summed E-state index contributed by atoms with van der Waals surface area (Å²) in [6.07, 6.45) is 1.81. The van der Waals surface area contributed by atoms with Gasteiger partial charge in [0.05, 0.1) is 5.69 Å². The number of aliphatic imine (C=N–C) groups is 1. The van der Waals surface area contributed by atoms with Gasteiger partial charge in [-0.15, -0.1) is 0 Å². The fraction of sp³-hybridized carbons (Fsp3) is 0.222. The topological polar surface area (TPSA) is 12.4 Å². The highest BCUT2D eigenvalue weighted by Gasteiger charge is 1.89. The molecule has 0 saturated heterocycles. The summed E-state index contributed by atoms with van der Waals surface area (Å²) in [5.41, 5.74) is 2.28. The Balaban J connectivity index is 3.03. The number of para-hydroxylation sites is 1. The highest BCUT2D eigenvalue weighted by atomic mass is 14.7. The molecule has 0 radical (unpaired) electrons. The van der Waals surface area contributed by atoms with E-state index in [2.05, 4.69) is 18.0 Å². The molecule has 0 saturated carbocycles. The van der Waals surface area contributed by atoms with Crippen molar-refractivity contribution in [2.24, 2.45) is 4.99 Å². The summed E-state index contributed by atoms with van der Waals surface area (Å²) in [4.78, 5) is 4.18. The first kappa shape index (κ1) is 7.00. The summed E-state index contributed by atoms with van der Waals surface area (Å²) in [6, 6.07) is 8.08. The molecule has 0 bridgehead atoms. The van der Waals surface area contributed by atoms with Gasteiger partial charge >= 0.3 is 0 Å². The average molecular weight is 133 g/mol. The molecule has 1 rings (SSSR count). The molecule has 0 amide bonds. The first-order valence-corrected chi connectivity index (χ1v) is 3.39. The van der Waals surface area contributed by atoms with Crippen molar-refractivity contribution in [2.45, 2.75) is 13.8 Å². The van der Waals surface area contributed by atoms with Crippen LogP contribution in [0.1, 0.15) is 12.5 Å². The third-order valence-corrected chi connectivity index (χ3v) is 1.38. The lowest BCUT2D eigenvalue weighted by Crippen LogP contribution is -1.71. The summed E-state index contributed by atoms with van der Waals surface area (Å²) in [7, 11) is 0. The predicted octanol–water partition coefficient (Wildman–Crippen LogP) is 2.72. The van der Waals surface area contributed by atoms with Crippen LogP contribution in [0, 0.1) is 6.92 Å². The first-order valence-electron chi connectivity index (χ1n) is 3.39. The van der Waals surface area contributed by atoms with Gasteiger partial charge in [0, 0.05) is 6.21 Å². The van der Waals surface area contributed by atoms with Gasteiger partial charge in [0.15, 0.2) is 0 Å². The zero-order valence-electron chi connectivity index (χ0n) is 6.33. The maximum atomic E-state index is 4.18. The summed E-state index contributed by atoms with van der Waals surface area (Å²) >= 11 is 0. The van der Waals surface area contributed by atoms with E-state index in [1.54, 1.807) is 0 Å². The van der Waals surface area contributed by atoms with Crippen LogP contribution in [-0.2, 0) is 0 Å². The van der Waals surface area contributed by atoms with Crippen molar-refractivity contribution in [1.82, 2.24) is 0 Å². The molecular weight excluding hydrogens is 122 g/mol. The van der Waals surface area contributed by atoms with Crippen LogP contribution in [0.15, 0.2) is 29.3 Å². The Hall–Kier alpha value is -1.11. The van der Waals surface area contributed by atoms with Crippen molar-refractivity contribution in [1.29, 1.82) is 0 Å². The van der Waals surface area contributed by atoms with Crippen LogP contribution in [0.4, 0.5) is 5.69 Å². The Morgan fingerprint density at radius 1 is 1.30 bits per heavy atom. The molecule has 1 heteroatoms. The first-order chi connectivity index (χ1) is 4.84. The SMILES string of the molecule is C/C=N\c1ccccc1C. The zero-order chi connectivity index (χ0) is 7.40. The zero-order valence-corrected chi connectivity index (χ0v) is 6.33. The molecule has 0 aromatic heterocycles. The maximum Gasteiger partial charge on any atom is 0.0654 e. The number of rotatable bonds is 1. The molecule has 0 heterocycles. The average Bonchev–Trinajstić information content (AvgIpc) is 1.94. The lowest BCUT2D eigenvalue weighted by atomic mass is 10.2. The third-order valence-electron chi connectivity index (χ3n) is 1.38. The second-order valence-electron chi connectivity index (χ2n) is 2.17. The van der Waals surface area contributed by atoms with E-state index in [-0.39, 0.29) is 0 Å². The normalized spacial score (nSPS) is 10.6. The Bertz CT molecular complexity index is 238. The number of hydrogen-bond donors (Lipinski definition) is 0. The van der Waals surface area contributed by atoms with Gasteiger partial charge in [0.2, 0.25) is 0 Å². The fourth-order valence-electron chi connectivity index (χ4n) is 0.847. The Morgan fingerprint density at radius 2 is 2.00 bits per heavy atom. The number of nitrogens with zero attached hydrogens (tertiary/aromatic N) is 1. The number of aryl methyl sites for hydroxylation is 1. The molecule has 10 heavy (non-hydrogen) atoms. The van der Waals surface area contributed by atoms with Crippen molar-refractivity contribution in [2.75, 3.05) is 0 Å². The van der Waals surface area contributed by atoms with E-state index in [0.717, 1.165) is 5.69 Å². The Labute approximate surface area is 61.4 Å². The van der Waals surface area contributed by atoms with Gasteiger partial charge in [-0.05, 0) is 25.5 Å². The molecule has 0 fully saturated rings. The molecular formula is C9H11N. The van der Waals surface area contributed by atoms with Crippen LogP contribution >= 0.6 is 0 Å². The molecule has 0 N–H and O–H groups in total. The van der Waals surface area contributed by atoms with Crippen LogP contribution in [-0.4, -0.2) is 6.21 Å². The van der Waals surface area contributed by atoms with E-state index in [1.165, 1.54) is 5.56 Å². The standard InChI is InChI=1S/C9H11N/c1-3-10-9-7-5-4-6-8(9)2/h3-7H,1-2H3/b10-3-. The smallest absolute Gasteiger partial charge is 0.0654 e. The molecule has 52 valence electrons. The van der Waals surface area contributed by atoms with Crippen molar-refractivity contribution in [3.63, 3.8) is 0 Å². The van der Waals surface area contributed by atoms with E-state index in [9.17, 15) is 0 Å². The molecule has 0 atom stereocenters. The van der Waals surface area contributed by atoms with Crippen molar-refractivity contribution in [3.8, 4) is 0 Å². The number of benzene rings is 1. The van der Waals surface area contributed by atoms with Gasteiger partial charge in [0.1, 0.15) is 0 Å². The molecule has 1 aromatic rings. The van der Waals surface area contributed by atoms with Crippen molar-refractivity contribution >= 4 is 11.9 Å². The number of hydrogen-bond acceptors (Lipinski definition) is 1. The predicted molar refractivity (Wildman–Crippen MR) is 45.0 cm³/mol. The van der Waals surface area contributed by atoms with Gasteiger partial charge in [-0.1, -0.05) is 18.2 Å². The van der Waals surface area contributed by atoms with Crippen LogP contribution in [0.5, 0.6) is 0 Å². The summed E-state index contributed by atoms with van der Waals surface area (Å²) in [5, 5.41) is 0. The molecule has 0 spiro atoms. The summed E-state index contributed by atoms with van der Waals surface area (Å²) in [5.74, 6) is 0. The van der Waals surface area contributed by atoms with Gasteiger partial charge in [0.25, 0.3) is 0 Å². The highest BCUT2D eigenvalue weighted by Crippen LogP contribution is 2.15. The lowest BCUT2D eigenvalue weighted by molar-refractivity contribution is 1.40. The fourth-order valence-corrected chi connectivity index (χ4v) is 0.847. The van der Waals surface area contributed by atoms with Gasteiger partial charge in [-0.2, -0.15) is 0 Å². The quantitative estimate of drug-likeness (QED) is 0.522. The van der Waals surface area contributed by atoms with Crippen LogP contribution in [0.25, 0.3) is 0 Å². The Kier molecular flexibility index (Phi) is 2.21. The molecule has 1 nitrogen and oxygen atoms in total. The second-order valence-corrected chi connectivity index (χ2v) is 2.17. The van der Waals surface area contributed by atoms with E-state index in [1.807, 2.05) is 31.3 Å². The van der Waals surface area contributed by atoms with Gasteiger partial charge in [-0.25, -0.2) is 0 Å². The molecule has 0 aliphatic heterocycles. The molecule has 0 aliphatic rings. The Morgan fingerprint density at radius 3 is 2.60 bits per heavy atom. The van der Waals surface area contributed by atoms with Crippen LogP contribution in [0.2, 0.25) is 0 Å². The van der Waals surface area contributed by atoms with E-state index in [0.29, 0.717) is 0 Å². The van der Waals surface area contributed by atoms with Crippen molar-refractivity contribution < 1.29 is 0 Å². The van der Waals surface area contributed by atoms with Crippen LogP contribution in [0.3, 0.4) is 0 Å². The molecule has 1 aromatic carbocycles. The van der Waals surface area contributed by atoms with Gasteiger partial charge in [-0.3, -0.25) is 4.99 Å². The minimum absolute atomic E-state index is 1.06. The summed E-state index contributed by atoms with van der Waals surface area (Å²) < 4.78 is 0. The lowest BCUT2D eigenvalue weighted by Gasteiger charge is -1.95. The second kappa shape index (κ2) is 3.16. The highest BCUT2D eigenvalue weighted by molar-refractivity contribution is 5.62. The molecule has 0 aliphatic carbocycles.